The van der Waals surface area contributed by atoms with E-state index in [0.29, 0.717) is 18.0 Å². The summed E-state index contributed by atoms with van der Waals surface area (Å²) in [5.41, 5.74) is 1.53. The van der Waals surface area contributed by atoms with Crippen molar-refractivity contribution in [2.75, 3.05) is 38.0 Å². The Labute approximate surface area is 200 Å². The Morgan fingerprint density at radius 2 is 1.61 bits per heavy atom. The van der Waals surface area contributed by atoms with Crippen LogP contribution in [0.15, 0.2) is 47.4 Å². The summed E-state index contributed by atoms with van der Waals surface area (Å²) in [6.45, 7) is 15.8. The fraction of sp³-hybridized carbons (Fsp3) is 0.520. The van der Waals surface area contributed by atoms with Crippen LogP contribution < -0.4 is 20.5 Å². The maximum Gasteiger partial charge on any atom is 0.241 e. The summed E-state index contributed by atoms with van der Waals surface area (Å²) in [7, 11) is -3.96. The fourth-order valence-corrected chi connectivity index (χ4v) is 3.89. The average molecular weight is 479 g/mol. The first kappa shape index (κ1) is 28.9. The van der Waals surface area contributed by atoms with E-state index in [4.69, 9.17) is 9.88 Å². The minimum Gasteiger partial charge on any atom is -0.454 e. The second kappa shape index (κ2) is 15.7. The van der Waals surface area contributed by atoms with E-state index in [-0.39, 0.29) is 10.6 Å². The lowest BCUT2D eigenvalue weighted by Crippen LogP contribution is -2.23. The Bertz CT molecular complexity index is 899. The summed E-state index contributed by atoms with van der Waals surface area (Å²) >= 11 is 0. The predicted molar refractivity (Wildman–Crippen MR) is 139 cm³/mol. The van der Waals surface area contributed by atoms with Gasteiger partial charge in [-0.15, -0.1) is 0 Å². The Morgan fingerprint density at radius 1 is 0.970 bits per heavy atom. The van der Waals surface area contributed by atoms with Gasteiger partial charge in [-0.1, -0.05) is 59.2 Å². The van der Waals surface area contributed by atoms with Crippen LogP contribution in [0, 0.1) is 0 Å². The summed E-state index contributed by atoms with van der Waals surface area (Å²) in [6, 6.07) is 12.7. The van der Waals surface area contributed by atoms with Crippen molar-refractivity contribution in [3.63, 3.8) is 0 Å². The van der Waals surface area contributed by atoms with Crippen LogP contribution in [-0.2, 0) is 16.6 Å². The van der Waals surface area contributed by atoms with Crippen molar-refractivity contribution >= 4 is 15.7 Å². The number of nitrogens with two attached hydrogens (primary N) is 1. The first-order chi connectivity index (χ1) is 15.8. The number of para-hydroxylation sites is 1. The number of nitrogens with zero attached hydrogens (tertiary/aromatic N) is 1. The van der Waals surface area contributed by atoms with Gasteiger partial charge in [-0.05, 0) is 62.4 Å². The average Bonchev–Trinajstić information content (AvgIpc) is 2.79. The van der Waals surface area contributed by atoms with Crippen molar-refractivity contribution in [1.82, 2.24) is 10.2 Å². The van der Waals surface area contributed by atoms with E-state index in [9.17, 15) is 8.42 Å². The highest BCUT2D eigenvalue weighted by Gasteiger charge is 2.22. The second-order valence-corrected chi connectivity index (χ2v) is 9.16. The molecule has 0 heterocycles. The van der Waals surface area contributed by atoms with Crippen LogP contribution >= 0.6 is 0 Å². The lowest BCUT2D eigenvalue weighted by atomic mass is 10.1. The molecule has 8 heteroatoms. The van der Waals surface area contributed by atoms with E-state index in [1.54, 1.807) is 18.2 Å². The number of nitrogens with one attached hydrogen (secondary N) is 2. The smallest absolute Gasteiger partial charge is 0.241 e. The van der Waals surface area contributed by atoms with E-state index in [2.05, 4.69) is 50.2 Å². The molecule has 0 aliphatic carbocycles. The van der Waals surface area contributed by atoms with Gasteiger partial charge in [0.1, 0.15) is 10.6 Å². The first-order valence-electron chi connectivity index (χ1n) is 11.9. The summed E-state index contributed by atoms with van der Waals surface area (Å²) in [6.07, 6.45) is 2.00. The number of unbranched alkanes of at least 4 members (excludes halogenated alkanes) is 1. The van der Waals surface area contributed by atoms with Crippen LogP contribution in [0.5, 0.6) is 11.5 Å². The molecule has 4 N–H and O–H groups in total. The van der Waals surface area contributed by atoms with E-state index >= 15 is 0 Å². The lowest BCUT2D eigenvalue weighted by Gasteiger charge is -2.21. The topological polar surface area (TPSA) is 96.7 Å². The number of primary sulfonamides is 1. The third kappa shape index (κ3) is 10.6. The van der Waals surface area contributed by atoms with Crippen LogP contribution in [-0.4, -0.2) is 46.0 Å². The minimum absolute atomic E-state index is 0.00000709. The van der Waals surface area contributed by atoms with Crippen molar-refractivity contribution in [2.45, 2.75) is 58.9 Å². The van der Waals surface area contributed by atoms with Gasteiger partial charge in [0.25, 0.3) is 0 Å². The molecule has 2 rings (SSSR count). The number of hydrogen-bond donors (Lipinski definition) is 3. The predicted octanol–water partition coefficient (Wildman–Crippen LogP) is 4.80. The molecular weight excluding hydrogens is 436 g/mol. The van der Waals surface area contributed by atoms with Crippen molar-refractivity contribution in [1.29, 1.82) is 0 Å². The normalized spacial score (nSPS) is 11.1. The largest absolute Gasteiger partial charge is 0.454 e. The zero-order chi connectivity index (χ0) is 24.7. The van der Waals surface area contributed by atoms with Gasteiger partial charge in [0.15, 0.2) is 5.75 Å². The molecule has 0 spiro atoms. The molecule has 186 valence electrons. The van der Waals surface area contributed by atoms with Crippen LogP contribution in [0.25, 0.3) is 0 Å². The molecule has 0 atom stereocenters. The van der Waals surface area contributed by atoms with Gasteiger partial charge in [-0.2, -0.15) is 0 Å². The molecule has 0 amide bonds. The summed E-state index contributed by atoms with van der Waals surface area (Å²) in [4.78, 5) is 2.22. The Morgan fingerprint density at radius 3 is 2.09 bits per heavy atom. The molecule has 0 aliphatic heterocycles. The van der Waals surface area contributed by atoms with Gasteiger partial charge >= 0.3 is 0 Å². The molecule has 0 fully saturated rings. The molecule has 2 aromatic rings. The van der Waals surface area contributed by atoms with Crippen LogP contribution in [0.2, 0.25) is 0 Å². The number of benzene rings is 2. The van der Waals surface area contributed by atoms with Gasteiger partial charge in [-0.25, -0.2) is 13.6 Å². The summed E-state index contributed by atoms with van der Waals surface area (Å²) < 4.78 is 30.7. The van der Waals surface area contributed by atoms with Crippen molar-refractivity contribution in [3.05, 3.63) is 48.0 Å². The zero-order valence-corrected chi connectivity index (χ0v) is 21.7. The van der Waals surface area contributed by atoms with Crippen LogP contribution in [0.4, 0.5) is 5.69 Å². The van der Waals surface area contributed by atoms with Crippen molar-refractivity contribution < 1.29 is 13.2 Å². The summed E-state index contributed by atoms with van der Waals surface area (Å²) in [5.74, 6) is 0.801. The minimum atomic E-state index is -3.96. The molecular formula is C25H42N4O3S. The SMILES string of the molecule is CCCCNc1cc(CN(CC)CC)cc(S(N)(=O)=O)c1Oc1ccccc1.CCNCC. The highest BCUT2D eigenvalue weighted by Crippen LogP contribution is 2.37. The molecule has 0 unspecified atom stereocenters. The molecule has 0 radical (unpaired) electrons. The van der Waals surface area contributed by atoms with E-state index < -0.39 is 10.0 Å². The third-order valence-electron chi connectivity index (χ3n) is 5.03. The molecule has 2 aromatic carbocycles. The lowest BCUT2D eigenvalue weighted by molar-refractivity contribution is 0.295. The molecule has 0 aliphatic rings. The van der Waals surface area contributed by atoms with Gasteiger partial charge in [0.2, 0.25) is 10.0 Å². The van der Waals surface area contributed by atoms with Crippen molar-refractivity contribution in [3.8, 4) is 11.5 Å². The quantitative estimate of drug-likeness (QED) is 0.358. The third-order valence-corrected chi connectivity index (χ3v) is 5.95. The van der Waals surface area contributed by atoms with Gasteiger partial charge in [-0.3, -0.25) is 4.90 Å². The fourth-order valence-electron chi connectivity index (χ4n) is 3.16. The number of rotatable bonds is 13. The number of sulfonamides is 1. The Hall–Kier alpha value is -2.13. The maximum absolute atomic E-state index is 12.4. The molecule has 0 saturated heterocycles. The van der Waals surface area contributed by atoms with Crippen LogP contribution in [0.1, 0.15) is 53.0 Å². The monoisotopic (exact) mass is 478 g/mol. The molecule has 33 heavy (non-hydrogen) atoms. The number of anilines is 1. The highest BCUT2D eigenvalue weighted by atomic mass is 32.2. The molecule has 0 saturated carbocycles. The van der Waals surface area contributed by atoms with Gasteiger partial charge < -0.3 is 15.4 Å². The molecule has 0 aromatic heterocycles. The maximum atomic E-state index is 12.4. The second-order valence-electron chi connectivity index (χ2n) is 7.63. The van der Waals surface area contributed by atoms with Gasteiger partial charge in [0.05, 0.1) is 5.69 Å². The van der Waals surface area contributed by atoms with Crippen LogP contribution in [0.3, 0.4) is 0 Å². The van der Waals surface area contributed by atoms with E-state index in [1.807, 2.05) is 24.3 Å². The Balaban J connectivity index is 0.000000981. The first-order valence-corrected chi connectivity index (χ1v) is 13.4. The molecule has 7 nitrogen and oxygen atoms in total. The number of hydrogen-bond acceptors (Lipinski definition) is 6. The van der Waals surface area contributed by atoms with Gasteiger partial charge in [0, 0.05) is 13.1 Å². The van der Waals surface area contributed by atoms with E-state index in [0.717, 1.165) is 51.1 Å². The highest BCUT2D eigenvalue weighted by molar-refractivity contribution is 7.89. The van der Waals surface area contributed by atoms with E-state index in [1.165, 1.54) is 0 Å². The Kier molecular flexibility index (Phi) is 13.7. The summed E-state index contributed by atoms with van der Waals surface area (Å²) in [5, 5.41) is 12.0. The number of ether oxygens (including phenoxy) is 1. The molecule has 0 bridgehead atoms. The standard InChI is InChI=1S/C21H31N3O3S.C4H11N/c1-4-7-13-23-19-14-17(16-24(5-2)6-3)15-20(28(22,25)26)21(19)27-18-11-9-8-10-12-18;1-3-5-4-2/h8-12,14-15,23H,4-7,13,16H2,1-3H3,(H2,22,25,26);5H,3-4H2,1-2H3. The zero-order valence-electron chi connectivity index (χ0n) is 20.9. The van der Waals surface area contributed by atoms with Crippen molar-refractivity contribution in [2.24, 2.45) is 5.14 Å².